The second kappa shape index (κ2) is 7.49. The van der Waals surface area contributed by atoms with Gasteiger partial charge in [-0.3, -0.25) is 0 Å². The van der Waals surface area contributed by atoms with E-state index < -0.39 is 6.10 Å². The molecule has 0 bridgehead atoms. The van der Waals surface area contributed by atoms with E-state index in [9.17, 15) is 10.4 Å². The molecule has 4 heteroatoms. The van der Waals surface area contributed by atoms with Crippen molar-refractivity contribution in [2.45, 2.75) is 57.9 Å². The van der Waals surface area contributed by atoms with Crippen molar-refractivity contribution in [2.24, 2.45) is 0 Å². The minimum Gasteiger partial charge on any atom is -0.488 e. The molecule has 0 unspecified atom stereocenters. The minimum atomic E-state index is -0.617. The third-order valence-corrected chi connectivity index (χ3v) is 4.68. The number of rotatable bonds is 4. The summed E-state index contributed by atoms with van der Waals surface area (Å²) in [5, 5.41) is 24.0. The van der Waals surface area contributed by atoms with Crippen LogP contribution in [0.5, 0.6) is 5.75 Å². The maximum absolute atomic E-state index is 10.8. The summed E-state index contributed by atoms with van der Waals surface area (Å²) >= 11 is 0. The molecule has 136 valence electrons. The number of nitrogens with one attached hydrogen (secondary N) is 1. The van der Waals surface area contributed by atoms with Crippen molar-refractivity contribution in [3.05, 3.63) is 64.7 Å². The number of nitrogens with zero attached hydrogens (tertiary/aromatic N) is 1. The Morgan fingerprint density at radius 1 is 1.19 bits per heavy atom. The van der Waals surface area contributed by atoms with Crippen molar-refractivity contribution < 1.29 is 9.84 Å². The van der Waals surface area contributed by atoms with Gasteiger partial charge in [-0.25, -0.2) is 0 Å². The molecule has 2 aromatic carbocycles. The predicted octanol–water partition coefficient (Wildman–Crippen LogP) is 3.87. The predicted molar refractivity (Wildman–Crippen MR) is 102 cm³/mol. The second-order valence-corrected chi connectivity index (χ2v) is 7.88. The smallest absolute Gasteiger partial charge is 0.137 e. The van der Waals surface area contributed by atoms with Crippen LogP contribution < -0.4 is 10.1 Å². The molecule has 0 heterocycles. The van der Waals surface area contributed by atoms with Gasteiger partial charge in [-0.1, -0.05) is 36.4 Å². The van der Waals surface area contributed by atoms with E-state index in [0.29, 0.717) is 17.9 Å². The number of hydrogen-bond donors (Lipinski definition) is 2. The SMILES string of the molecule is CC(C)(C)N[C@H]1CCc2c(ccc(OCc3ccccc3)c2C#N)[C@H]1O. The van der Waals surface area contributed by atoms with Gasteiger partial charge in [-0.05, 0) is 56.4 Å². The summed E-state index contributed by atoms with van der Waals surface area (Å²) in [4.78, 5) is 0. The number of aliphatic hydroxyl groups excluding tert-OH is 1. The Bertz CT molecular complexity index is 803. The number of nitriles is 1. The van der Waals surface area contributed by atoms with Gasteiger partial charge in [-0.15, -0.1) is 0 Å². The lowest BCUT2D eigenvalue weighted by Crippen LogP contribution is -2.48. The fourth-order valence-corrected chi connectivity index (χ4v) is 3.55. The summed E-state index contributed by atoms with van der Waals surface area (Å²) in [6.45, 7) is 6.70. The average Bonchev–Trinajstić information content (AvgIpc) is 2.61. The molecule has 0 radical (unpaired) electrons. The molecule has 0 spiro atoms. The molecule has 4 nitrogen and oxygen atoms in total. The molecule has 0 saturated heterocycles. The summed E-state index contributed by atoms with van der Waals surface area (Å²) in [5.41, 5.74) is 3.29. The number of benzene rings is 2. The Morgan fingerprint density at radius 2 is 1.92 bits per heavy atom. The fourth-order valence-electron chi connectivity index (χ4n) is 3.55. The lowest BCUT2D eigenvalue weighted by atomic mass is 9.82. The highest BCUT2D eigenvalue weighted by Crippen LogP contribution is 2.36. The maximum atomic E-state index is 10.8. The van der Waals surface area contributed by atoms with Crippen molar-refractivity contribution in [3.63, 3.8) is 0 Å². The number of fused-ring (bicyclic) bond motifs is 1. The molecule has 0 aromatic heterocycles. The Kier molecular flexibility index (Phi) is 5.31. The van der Waals surface area contributed by atoms with Gasteiger partial charge >= 0.3 is 0 Å². The molecule has 0 amide bonds. The highest BCUT2D eigenvalue weighted by atomic mass is 16.5. The molecule has 1 aliphatic rings. The molecule has 2 aromatic rings. The maximum Gasteiger partial charge on any atom is 0.137 e. The van der Waals surface area contributed by atoms with Crippen LogP contribution in [0.25, 0.3) is 0 Å². The van der Waals surface area contributed by atoms with E-state index in [1.54, 1.807) is 0 Å². The molecular formula is C22H26N2O2. The first-order chi connectivity index (χ1) is 12.4. The lowest BCUT2D eigenvalue weighted by Gasteiger charge is -2.36. The quantitative estimate of drug-likeness (QED) is 0.878. The van der Waals surface area contributed by atoms with Crippen LogP contribution >= 0.6 is 0 Å². The van der Waals surface area contributed by atoms with Crippen molar-refractivity contribution >= 4 is 0 Å². The van der Waals surface area contributed by atoms with E-state index in [-0.39, 0.29) is 11.6 Å². The van der Waals surface area contributed by atoms with E-state index in [1.807, 2.05) is 42.5 Å². The van der Waals surface area contributed by atoms with Gasteiger partial charge in [0.1, 0.15) is 18.4 Å². The van der Waals surface area contributed by atoms with Gasteiger partial charge in [0.05, 0.1) is 11.7 Å². The van der Waals surface area contributed by atoms with Crippen LogP contribution in [0.3, 0.4) is 0 Å². The van der Waals surface area contributed by atoms with Gasteiger partial charge in [0.2, 0.25) is 0 Å². The molecular weight excluding hydrogens is 324 g/mol. The van der Waals surface area contributed by atoms with Crippen molar-refractivity contribution in [3.8, 4) is 11.8 Å². The normalized spacial score (nSPS) is 19.5. The molecule has 2 N–H and O–H groups in total. The van der Waals surface area contributed by atoms with Gasteiger partial charge in [0.25, 0.3) is 0 Å². The monoisotopic (exact) mass is 350 g/mol. The van der Waals surface area contributed by atoms with Crippen LogP contribution in [0.4, 0.5) is 0 Å². The largest absolute Gasteiger partial charge is 0.488 e. The van der Waals surface area contributed by atoms with E-state index >= 15 is 0 Å². The summed E-state index contributed by atoms with van der Waals surface area (Å²) < 4.78 is 5.90. The van der Waals surface area contributed by atoms with Gasteiger partial charge in [-0.2, -0.15) is 5.26 Å². The zero-order valence-electron chi connectivity index (χ0n) is 15.6. The van der Waals surface area contributed by atoms with Crippen LogP contribution in [-0.4, -0.2) is 16.7 Å². The third-order valence-electron chi connectivity index (χ3n) is 4.68. The number of aliphatic hydroxyl groups is 1. The molecule has 0 saturated carbocycles. The topological polar surface area (TPSA) is 65.3 Å². The molecule has 3 rings (SSSR count). The number of hydrogen-bond acceptors (Lipinski definition) is 4. The summed E-state index contributed by atoms with van der Waals surface area (Å²) in [5.74, 6) is 0.588. The first kappa shape index (κ1) is 18.4. The Balaban J connectivity index is 1.83. The fraction of sp³-hybridized carbons (Fsp3) is 0.409. The minimum absolute atomic E-state index is 0.00914. The summed E-state index contributed by atoms with van der Waals surface area (Å²) in [6.07, 6.45) is 0.932. The second-order valence-electron chi connectivity index (χ2n) is 7.88. The third kappa shape index (κ3) is 4.07. The van der Waals surface area contributed by atoms with Crippen molar-refractivity contribution in [1.29, 1.82) is 5.26 Å². The number of ether oxygens (including phenoxy) is 1. The molecule has 26 heavy (non-hydrogen) atoms. The van der Waals surface area contributed by atoms with E-state index in [1.165, 1.54) is 0 Å². The van der Waals surface area contributed by atoms with Crippen LogP contribution in [0, 0.1) is 11.3 Å². The van der Waals surface area contributed by atoms with E-state index in [0.717, 1.165) is 29.5 Å². The van der Waals surface area contributed by atoms with Gasteiger partial charge in [0.15, 0.2) is 0 Å². The zero-order chi connectivity index (χ0) is 18.7. The van der Waals surface area contributed by atoms with Crippen LogP contribution in [0.15, 0.2) is 42.5 Å². The van der Waals surface area contributed by atoms with E-state index in [4.69, 9.17) is 4.74 Å². The standard InChI is InChI=1S/C22H26N2O2/c1-22(2,3)24-19-11-9-16-17(21(19)25)10-12-20(18(16)13-23)26-14-15-7-5-4-6-8-15/h4-8,10,12,19,21,24-25H,9,11,14H2,1-3H3/t19-,21+/m0/s1. The highest BCUT2D eigenvalue weighted by Gasteiger charge is 2.32. The molecule has 1 aliphatic carbocycles. The first-order valence-electron chi connectivity index (χ1n) is 9.07. The average molecular weight is 350 g/mol. The summed E-state index contributed by atoms with van der Waals surface area (Å²) in [6, 6.07) is 15.9. The molecule has 0 aliphatic heterocycles. The lowest BCUT2D eigenvalue weighted by molar-refractivity contribution is 0.0998. The van der Waals surface area contributed by atoms with Crippen molar-refractivity contribution in [1.82, 2.24) is 5.32 Å². The zero-order valence-corrected chi connectivity index (χ0v) is 15.6. The van der Waals surface area contributed by atoms with Crippen LogP contribution in [-0.2, 0) is 13.0 Å². The van der Waals surface area contributed by atoms with Gasteiger partial charge < -0.3 is 15.2 Å². The van der Waals surface area contributed by atoms with Gasteiger partial charge in [0, 0.05) is 11.6 Å². The van der Waals surface area contributed by atoms with Crippen molar-refractivity contribution in [2.75, 3.05) is 0 Å². The summed E-state index contributed by atoms with van der Waals surface area (Å²) in [7, 11) is 0. The first-order valence-corrected chi connectivity index (χ1v) is 9.07. The van der Waals surface area contributed by atoms with Crippen LogP contribution in [0.2, 0.25) is 0 Å². The Morgan fingerprint density at radius 3 is 2.58 bits per heavy atom. The highest BCUT2D eigenvalue weighted by molar-refractivity contribution is 5.54. The molecule has 2 atom stereocenters. The Labute approximate surface area is 155 Å². The van der Waals surface area contributed by atoms with Crippen LogP contribution in [0.1, 0.15) is 55.5 Å². The molecule has 0 fully saturated rings. The van der Waals surface area contributed by atoms with E-state index in [2.05, 4.69) is 32.2 Å². The Hall–Kier alpha value is -2.35.